The molecule has 18 heavy (non-hydrogen) atoms. The molecule has 1 N–H and O–H groups in total. The summed E-state index contributed by atoms with van der Waals surface area (Å²) < 4.78 is 1.00. The summed E-state index contributed by atoms with van der Waals surface area (Å²) in [5.41, 5.74) is 3.69. The van der Waals surface area contributed by atoms with Crippen molar-refractivity contribution < 1.29 is 0 Å². The second kappa shape index (κ2) is 5.53. The Labute approximate surface area is 117 Å². The van der Waals surface area contributed by atoms with Gasteiger partial charge in [-0.25, -0.2) is 4.98 Å². The third-order valence-corrected chi connectivity index (χ3v) is 3.51. The molecule has 0 bridgehead atoms. The van der Waals surface area contributed by atoms with Crippen LogP contribution in [0.4, 0.5) is 5.82 Å². The van der Waals surface area contributed by atoms with Crippen LogP contribution in [0.2, 0.25) is 0 Å². The highest BCUT2D eigenvalue weighted by atomic mass is 79.9. The zero-order chi connectivity index (χ0) is 13.1. The van der Waals surface area contributed by atoms with Crippen molar-refractivity contribution in [2.45, 2.75) is 26.8 Å². The number of aryl methyl sites for hydroxylation is 2. The smallest absolute Gasteiger partial charge is 0.140 e. The molecule has 1 atom stereocenters. The lowest BCUT2D eigenvalue weighted by Gasteiger charge is -2.16. The van der Waals surface area contributed by atoms with Crippen LogP contribution in [-0.2, 0) is 0 Å². The predicted molar refractivity (Wildman–Crippen MR) is 79.9 cm³/mol. The first-order valence-electron chi connectivity index (χ1n) is 6.01. The molecular weight excluding hydrogens is 288 g/mol. The number of halogens is 1. The van der Waals surface area contributed by atoms with Crippen LogP contribution in [0.25, 0.3) is 0 Å². The number of pyridine rings is 1. The van der Waals surface area contributed by atoms with E-state index in [1.165, 1.54) is 11.1 Å². The van der Waals surface area contributed by atoms with Gasteiger partial charge in [0, 0.05) is 12.2 Å². The molecule has 2 aromatic rings. The van der Waals surface area contributed by atoms with E-state index in [0.717, 1.165) is 15.9 Å². The normalized spacial score (nSPS) is 12.2. The van der Waals surface area contributed by atoms with Gasteiger partial charge < -0.3 is 5.32 Å². The summed E-state index contributed by atoms with van der Waals surface area (Å²) in [4.78, 5) is 4.40. The van der Waals surface area contributed by atoms with Crippen LogP contribution in [0.15, 0.2) is 41.0 Å². The average molecular weight is 305 g/mol. The maximum absolute atomic E-state index is 4.40. The predicted octanol–water partition coefficient (Wildman–Crippen LogP) is 4.63. The molecule has 1 aromatic carbocycles. The molecule has 0 fully saturated rings. The maximum atomic E-state index is 4.40. The van der Waals surface area contributed by atoms with Crippen molar-refractivity contribution >= 4 is 21.7 Å². The number of nitrogens with zero attached hydrogens (tertiary/aromatic N) is 1. The number of benzene rings is 1. The van der Waals surface area contributed by atoms with Crippen LogP contribution in [0.3, 0.4) is 0 Å². The van der Waals surface area contributed by atoms with E-state index in [9.17, 15) is 0 Å². The van der Waals surface area contributed by atoms with Crippen molar-refractivity contribution in [3.05, 3.63) is 57.7 Å². The molecule has 0 aliphatic rings. The van der Waals surface area contributed by atoms with E-state index in [4.69, 9.17) is 0 Å². The standard InChI is InChI=1S/C15H17BrN2/c1-10-4-6-13(7-5-10)12(3)18-15-14(16)8-11(2)9-17-15/h4-9,12H,1-3H3,(H,17,18). The summed E-state index contributed by atoms with van der Waals surface area (Å²) in [6.45, 7) is 6.27. The fraction of sp³-hybridized carbons (Fsp3) is 0.267. The van der Waals surface area contributed by atoms with E-state index < -0.39 is 0 Å². The summed E-state index contributed by atoms with van der Waals surface area (Å²) in [5, 5.41) is 3.42. The second-order valence-corrected chi connectivity index (χ2v) is 5.47. The number of nitrogens with one attached hydrogen (secondary N) is 1. The zero-order valence-corrected chi connectivity index (χ0v) is 12.5. The lowest BCUT2D eigenvalue weighted by molar-refractivity contribution is 0.871. The molecule has 1 unspecified atom stereocenters. The lowest BCUT2D eigenvalue weighted by atomic mass is 10.1. The monoisotopic (exact) mass is 304 g/mol. The Bertz CT molecular complexity index is 535. The van der Waals surface area contributed by atoms with Gasteiger partial charge in [0.1, 0.15) is 5.82 Å². The Morgan fingerprint density at radius 2 is 1.78 bits per heavy atom. The van der Waals surface area contributed by atoms with E-state index in [1.807, 2.05) is 13.1 Å². The molecule has 94 valence electrons. The van der Waals surface area contributed by atoms with Gasteiger partial charge >= 0.3 is 0 Å². The fourth-order valence-corrected chi connectivity index (χ4v) is 2.36. The molecule has 0 aliphatic heterocycles. The zero-order valence-electron chi connectivity index (χ0n) is 10.9. The fourth-order valence-electron chi connectivity index (χ4n) is 1.78. The molecule has 0 aliphatic carbocycles. The van der Waals surface area contributed by atoms with Crippen molar-refractivity contribution in [3.63, 3.8) is 0 Å². The minimum Gasteiger partial charge on any atom is -0.363 e. The molecule has 0 spiro atoms. The van der Waals surface area contributed by atoms with Crippen molar-refractivity contribution in [3.8, 4) is 0 Å². The molecule has 2 rings (SSSR count). The summed E-state index contributed by atoms with van der Waals surface area (Å²) in [6.07, 6.45) is 1.87. The van der Waals surface area contributed by atoms with Crippen LogP contribution in [0.5, 0.6) is 0 Å². The van der Waals surface area contributed by atoms with Crippen molar-refractivity contribution in [1.29, 1.82) is 0 Å². The van der Waals surface area contributed by atoms with Gasteiger partial charge in [-0.05, 0) is 53.9 Å². The van der Waals surface area contributed by atoms with Gasteiger partial charge in [-0.2, -0.15) is 0 Å². The minimum atomic E-state index is 0.233. The Balaban J connectivity index is 2.15. The Hall–Kier alpha value is -1.35. The van der Waals surface area contributed by atoms with Crippen molar-refractivity contribution in [2.24, 2.45) is 0 Å². The SMILES string of the molecule is Cc1ccc(C(C)Nc2ncc(C)cc2Br)cc1. The van der Waals surface area contributed by atoms with Gasteiger partial charge in [0.05, 0.1) is 4.47 Å². The average Bonchev–Trinajstić information content (AvgIpc) is 2.33. The first-order valence-corrected chi connectivity index (χ1v) is 6.81. The number of rotatable bonds is 3. The van der Waals surface area contributed by atoms with Gasteiger partial charge in [0.2, 0.25) is 0 Å². The van der Waals surface area contributed by atoms with E-state index in [2.05, 4.69) is 70.4 Å². The first kappa shape index (κ1) is 13.1. The summed E-state index contributed by atoms with van der Waals surface area (Å²) in [5.74, 6) is 0.883. The van der Waals surface area contributed by atoms with Crippen LogP contribution in [0, 0.1) is 13.8 Å². The Morgan fingerprint density at radius 1 is 1.11 bits per heavy atom. The van der Waals surface area contributed by atoms with Crippen LogP contribution < -0.4 is 5.32 Å². The number of hydrogen-bond acceptors (Lipinski definition) is 2. The highest BCUT2D eigenvalue weighted by Crippen LogP contribution is 2.25. The third-order valence-electron chi connectivity index (χ3n) is 2.91. The Morgan fingerprint density at radius 3 is 2.39 bits per heavy atom. The largest absolute Gasteiger partial charge is 0.363 e. The number of anilines is 1. The maximum Gasteiger partial charge on any atom is 0.140 e. The summed E-state index contributed by atoms with van der Waals surface area (Å²) in [6, 6.07) is 10.9. The molecule has 1 heterocycles. The molecule has 0 radical (unpaired) electrons. The molecule has 0 saturated carbocycles. The second-order valence-electron chi connectivity index (χ2n) is 4.62. The highest BCUT2D eigenvalue weighted by Gasteiger charge is 2.08. The van der Waals surface area contributed by atoms with E-state index in [-0.39, 0.29) is 6.04 Å². The molecule has 2 nitrogen and oxygen atoms in total. The molecule has 3 heteroatoms. The highest BCUT2D eigenvalue weighted by molar-refractivity contribution is 9.10. The summed E-state index contributed by atoms with van der Waals surface area (Å²) >= 11 is 3.53. The lowest BCUT2D eigenvalue weighted by Crippen LogP contribution is -2.08. The summed E-state index contributed by atoms with van der Waals surface area (Å²) in [7, 11) is 0. The van der Waals surface area contributed by atoms with Gasteiger partial charge in [-0.15, -0.1) is 0 Å². The van der Waals surface area contributed by atoms with E-state index >= 15 is 0 Å². The van der Waals surface area contributed by atoms with Crippen molar-refractivity contribution in [1.82, 2.24) is 4.98 Å². The quantitative estimate of drug-likeness (QED) is 0.894. The van der Waals surface area contributed by atoms with Crippen LogP contribution in [0.1, 0.15) is 29.7 Å². The molecule has 0 saturated heterocycles. The van der Waals surface area contributed by atoms with Gasteiger partial charge in [0.15, 0.2) is 0 Å². The number of aromatic nitrogens is 1. The minimum absolute atomic E-state index is 0.233. The van der Waals surface area contributed by atoms with Crippen LogP contribution in [-0.4, -0.2) is 4.98 Å². The first-order chi connectivity index (χ1) is 8.56. The van der Waals surface area contributed by atoms with Crippen molar-refractivity contribution in [2.75, 3.05) is 5.32 Å². The van der Waals surface area contributed by atoms with Gasteiger partial charge in [0.25, 0.3) is 0 Å². The van der Waals surface area contributed by atoms with E-state index in [1.54, 1.807) is 0 Å². The molecule has 1 aromatic heterocycles. The molecular formula is C15H17BrN2. The Kier molecular flexibility index (Phi) is 4.02. The van der Waals surface area contributed by atoms with Gasteiger partial charge in [-0.3, -0.25) is 0 Å². The van der Waals surface area contributed by atoms with Gasteiger partial charge in [-0.1, -0.05) is 29.8 Å². The third kappa shape index (κ3) is 3.10. The molecule has 0 amide bonds. The van der Waals surface area contributed by atoms with Crippen LogP contribution >= 0.6 is 15.9 Å². The number of hydrogen-bond donors (Lipinski definition) is 1. The topological polar surface area (TPSA) is 24.9 Å². The van der Waals surface area contributed by atoms with E-state index in [0.29, 0.717) is 0 Å².